The first-order valence-corrected chi connectivity index (χ1v) is 8.15. The molecule has 1 fully saturated rings. The maximum atomic E-state index is 9.69. The van der Waals surface area contributed by atoms with Crippen LogP contribution >= 0.6 is 0 Å². The van der Waals surface area contributed by atoms with E-state index in [0.717, 1.165) is 37.5 Å². The fourth-order valence-electron chi connectivity index (χ4n) is 2.87. The Morgan fingerprint density at radius 3 is 2.42 bits per heavy atom. The van der Waals surface area contributed by atoms with Crippen LogP contribution in [0.2, 0.25) is 0 Å². The Hall–Kier alpha value is -2.69. The molecule has 1 N–H and O–H groups in total. The molecule has 0 spiro atoms. The normalized spacial score (nSPS) is 15.5. The number of hydrogen-bond donors (Lipinski definition) is 1. The number of methoxy groups -OCH3 is 1. The minimum Gasteiger partial charge on any atom is -0.504 e. The predicted molar refractivity (Wildman–Crippen MR) is 97.1 cm³/mol. The Bertz CT molecular complexity index is 708. The van der Waals surface area contributed by atoms with Crippen molar-refractivity contribution in [2.24, 2.45) is 5.10 Å². The van der Waals surface area contributed by atoms with E-state index < -0.39 is 0 Å². The predicted octanol–water partition coefficient (Wildman–Crippen LogP) is 2.95. The number of piperazine rings is 1. The van der Waals surface area contributed by atoms with Gasteiger partial charge in [0.2, 0.25) is 0 Å². The molecule has 3 rings (SSSR count). The van der Waals surface area contributed by atoms with Gasteiger partial charge in [-0.3, -0.25) is 5.01 Å². The summed E-state index contributed by atoms with van der Waals surface area (Å²) in [4.78, 5) is 2.38. The average molecular weight is 325 g/mol. The van der Waals surface area contributed by atoms with E-state index in [1.165, 1.54) is 5.69 Å². The molecule has 1 saturated heterocycles. The van der Waals surface area contributed by atoms with Crippen molar-refractivity contribution in [2.75, 3.05) is 38.2 Å². The molecule has 126 valence electrons. The Morgan fingerprint density at radius 2 is 1.75 bits per heavy atom. The molecule has 5 heteroatoms. The monoisotopic (exact) mass is 325 g/mol. The molecule has 5 nitrogen and oxygen atoms in total. The molecule has 0 radical (unpaired) electrons. The van der Waals surface area contributed by atoms with Crippen molar-refractivity contribution in [1.29, 1.82) is 0 Å². The lowest BCUT2D eigenvalue weighted by Gasteiger charge is -2.35. The van der Waals surface area contributed by atoms with Crippen LogP contribution in [0.3, 0.4) is 0 Å². The minimum absolute atomic E-state index is 0.144. The van der Waals surface area contributed by atoms with Crippen molar-refractivity contribution in [3.8, 4) is 11.5 Å². The van der Waals surface area contributed by atoms with Crippen molar-refractivity contribution >= 4 is 11.4 Å². The van der Waals surface area contributed by atoms with E-state index in [2.05, 4.69) is 34.2 Å². The van der Waals surface area contributed by atoms with Crippen LogP contribution in [0.25, 0.3) is 0 Å². The van der Waals surface area contributed by atoms with Crippen LogP contribution in [-0.2, 0) is 0 Å². The van der Waals surface area contributed by atoms with E-state index >= 15 is 0 Å². The summed E-state index contributed by atoms with van der Waals surface area (Å²) in [5.41, 5.74) is 3.14. The number of anilines is 1. The summed E-state index contributed by atoms with van der Waals surface area (Å²) in [6.07, 6.45) is 0. The number of rotatable bonds is 4. The first-order chi connectivity index (χ1) is 11.7. The third kappa shape index (κ3) is 3.62. The number of para-hydroxylation sites is 1. The second-order valence-electron chi connectivity index (χ2n) is 5.85. The second kappa shape index (κ2) is 7.25. The van der Waals surface area contributed by atoms with Gasteiger partial charge in [0.05, 0.1) is 25.9 Å². The zero-order valence-corrected chi connectivity index (χ0v) is 14.1. The summed E-state index contributed by atoms with van der Waals surface area (Å²) in [5, 5.41) is 16.5. The minimum atomic E-state index is 0.144. The van der Waals surface area contributed by atoms with Gasteiger partial charge in [0, 0.05) is 24.3 Å². The van der Waals surface area contributed by atoms with Crippen molar-refractivity contribution in [2.45, 2.75) is 6.92 Å². The highest BCUT2D eigenvalue weighted by Crippen LogP contribution is 2.26. The molecule has 0 saturated carbocycles. The van der Waals surface area contributed by atoms with E-state index in [4.69, 9.17) is 9.84 Å². The number of ether oxygens (including phenoxy) is 1. The average Bonchev–Trinajstić information content (AvgIpc) is 2.63. The van der Waals surface area contributed by atoms with Gasteiger partial charge in [-0.15, -0.1) is 0 Å². The van der Waals surface area contributed by atoms with E-state index in [1.54, 1.807) is 13.2 Å². The second-order valence-corrected chi connectivity index (χ2v) is 5.85. The third-order valence-corrected chi connectivity index (χ3v) is 4.27. The molecule has 0 atom stereocenters. The molecule has 0 aliphatic carbocycles. The summed E-state index contributed by atoms with van der Waals surface area (Å²) >= 11 is 0. The van der Waals surface area contributed by atoms with E-state index in [-0.39, 0.29) is 5.75 Å². The van der Waals surface area contributed by atoms with Gasteiger partial charge < -0.3 is 14.7 Å². The molecule has 1 heterocycles. The van der Waals surface area contributed by atoms with Crippen LogP contribution < -0.4 is 9.64 Å². The van der Waals surface area contributed by atoms with Crippen LogP contribution in [0.5, 0.6) is 11.5 Å². The molecule has 1 aliphatic rings. The molecule has 0 bridgehead atoms. The fourth-order valence-corrected chi connectivity index (χ4v) is 2.87. The first kappa shape index (κ1) is 16.2. The lowest BCUT2D eigenvalue weighted by atomic mass is 10.1. The Morgan fingerprint density at radius 1 is 1.04 bits per heavy atom. The maximum absolute atomic E-state index is 9.69. The van der Waals surface area contributed by atoms with Gasteiger partial charge in [0.1, 0.15) is 0 Å². The van der Waals surface area contributed by atoms with E-state index in [1.807, 2.05) is 25.1 Å². The number of phenolic OH excluding ortho intramolecular Hbond substituents is 1. The van der Waals surface area contributed by atoms with Crippen LogP contribution in [0.15, 0.2) is 53.6 Å². The van der Waals surface area contributed by atoms with Crippen molar-refractivity contribution in [3.63, 3.8) is 0 Å². The lowest BCUT2D eigenvalue weighted by Crippen LogP contribution is -2.44. The number of phenols is 1. The van der Waals surface area contributed by atoms with Gasteiger partial charge in [-0.2, -0.15) is 5.10 Å². The molecule has 0 unspecified atom stereocenters. The van der Waals surface area contributed by atoms with Gasteiger partial charge in [0.25, 0.3) is 0 Å². The van der Waals surface area contributed by atoms with E-state index in [9.17, 15) is 5.11 Å². The summed E-state index contributed by atoms with van der Waals surface area (Å²) in [7, 11) is 1.55. The van der Waals surface area contributed by atoms with Crippen LogP contribution in [-0.4, -0.2) is 49.1 Å². The standard InChI is InChI=1S/C19H23N3O2/c1-15(16-8-9-18(23)19(14-16)24-2)20-22-12-10-21(11-13-22)17-6-4-3-5-7-17/h3-9,14,23H,10-13H2,1-2H3/b20-15+. The highest BCUT2D eigenvalue weighted by molar-refractivity contribution is 5.99. The summed E-state index contributed by atoms with van der Waals surface area (Å²) in [6.45, 7) is 5.68. The zero-order valence-electron chi connectivity index (χ0n) is 14.1. The summed E-state index contributed by atoms with van der Waals surface area (Å²) in [6, 6.07) is 15.8. The van der Waals surface area contributed by atoms with Gasteiger partial charge in [-0.05, 0) is 37.3 Å². The van der Waals surface area contributed by atoms with Crippen LogP contribution in [0.1, 0.15) is 12.5 Å². The molecule has 1 aliphatic heterocycles. The zero-order chi connectivity index (χ0) is 16.9. The SMILES string of the molecule is COc1cc(/C(C)=N/N2CCN(c3ccccc3)CC2)ccc1O. The molecular formula is C19H23N3O2. The lowest BCUT2D eigenvalue weighted by molar-refractivity contribution is 0.270. The van der Waals surface area contributed by atoms with Gasteiger partial charge in [-0.25, -0.2) is 0 Å². The van der Waals surface area contributed by atoms with Gasteiger partial charge >= 0.3 is 0 Å². The first-order valence-electron chi connectivity index (χ1n) is 8.15. The van der Waals surface area contributed by atoms with Crippen molar-refractivity contribution in [1.82, 2.24) is 5.01 Å². The molecular weight excluding hydrogens is 302 g/mol. The van der Waals surface area contributed by atoms with Crippen molar-refractivity contribution in [3.05, 3.63) is 54.1 Å². The highest BCUT2D eigenvalue weighted by Gasteiger charge is 2.16. The quantitative estimate of drug-likeness (QED) is 0.878. The number of benzene rings is 2. The molecule has 2 aromatic carbocycles. The fraction of sp³-hybridized carbons (Fsp3) is 0.316. The molecule has 0 amide bonds. The highest BCUT2D eigenvalue weighted by atomic mass is 16.5. The number of aromatic hydroxyl groups is 1. The Balaban J connectivity index is 1.65. The third-order valence-electron chi connectivity index (χ3n) is 4.27. The van der Waals surface area contributed by atoms with Gasteiger partial charge in [0.15, 0.2) is 11.5 Å². The Kier molecular flexibility index (Phi) is 4.89. The topological polar surface area (TPSA) is 48.3 Å². The summed E-state index contributed by atoms with van der Waals surface area (Å²) in [5.74, 6) is 0.612. The van der Waals surface area contributed by atoms with Crippen LogP contribution in [0.4, 0.5) is 5.69 Å². The van der Waals surface area contributed by atoms with Crippen LogP contribution in [0, 0.1) is 0 Å². The number of nitrogens with zero attached hydrogens (tertiary/aromatic N) is 3. The van der Waals surface area contributed by atoms with E-state index in [0.29, 0.717) is 5.75 Å². The Labute approximate surface area is 142 Å². The maximum Gasteiger partial charge on any atom is 0.161 e. The molecule has 2 aromatic rings. The van der Waals surface area contributed by atoms with Crippen molar-refractivity contribution < 1.29 is 9.84 Å². The summed E-state index contributed by atoms with van der Waals surface area (Å²) < 4.78 is 5.16. The molecule has 24 heavy (non-hydrogen) atoms. The number of hydrogen-bond acceptors (Lipinski definition) is 5. The smallest absolute Gasteiger partial charge is 0.161 e. The molecule has 0 aromatic heterocycles. The largest absolute Gasteiger partial charge is 0.504 e. The number of hydrazone groups is 1. The van der Waals surface area contributed by atoms with Gasteiger partial charge in [-0.1, -0.05) is 18.2 Å².